The molecule has 0 radical (unpaired) electrons. The summed E-state index contributed by atoms with van der Waals surface area (Å²) in [6, 6.07) is 8.15. The van der Waals surface area contributed by atoms with E-state index in [1.54, 1.807) is 0 Å². The topological polar surface area (TPSA) is 52.1 Å². The van der Waals surface area contributed by atoms with Gasteiger partial charge in [-0.1, -0.05) is 19.1 Å². The Morgan fingerprint density at radius 2 is 1.82 bits per heavy atom. The van der Waals surface area contributed by atoms with Gasteiger partial charge in [0, 0.05) is 46.3 Å². The van der Waals surface area contributed by atoms with Crippen molar-refractivity contribution in [2.75, 3.05) is 59.9 Å². The molecule has 2 atom stereocenters. The zero-order chi connectivity index (χ0) is 19.6. The van der Waals surface area contributed by atoms with Gasteiger partial charge in [0.2, 0.25) is 0 Å². The molecule has 0 aromatic heterocycles. The van der Waals surface area contributed by atoms with Crippen LogP contribution in [0.2, 0.25) is 0 Å². The van der Waals surface area contributed by atoms with Crippen LogP contribution in [0, 0.1) is 12.8 Å². The quantitative estimate of drug-likeness (QED) is 0.324. The first kappa shape index (κ1) is 25.0. The number of guanidine groups is 1. The minimum absolute atomic E-state index is 0. The first-order valence-electron chi connectivity index (χ1n) is 10.0. The fourth-order valence-electron chi connectivity index (χ4n) is 3.23. The number of likely N-dealkylation sites (N-methyl/N-ethyl adjacent to an activating group) is 1. The summed E-state index contributed by atoms with van der Waals surface area (Å²) in [6.07, 6.45) is 0.0631. The van der Waals surface area contributed by atoms with Crippen LogP contribution < -0.4 is 15.4 Å². The fraction of sp³-hybridized carbons (Fsp3) is 0.667. The van der Waals surface area contributed by atoms with E-state index in [9.17, 15) is 0 Å². The van der Waals surface area contributed by atoms with Gasteiger partial charge in [-0.15, -0.1) is 24.0 Å². The van der Waals surface area contributed by atoms with Crippen molar-refractivity contribution in [3.63, 3.8) is 0 Å². The lowest BCUT2D eigenvalue weighted by Gasteiger charge is -2.34. The third-order valence-corrected chi connectivity index (χ3v) is 4.89. The van der Waals surface area contributed by atoms with E-state index in [2.05, 4.69) is 65.4 Å². The van der Waals surface area contributed by atoms with E-state index < -0.39 is 0 Å². The Labute approximate surface area is 188 Å². The molecule has 2 N–H and O–H groups in total. The minimum atomic E-state index is 0. The molecule has 1 aliphatic rings. The van der Waals surface area contributed by atoms with Crippen LogP contribution >= 0.6 is 24.0 Å². The maximum atomic E-state index is 5.97. The Balaban J connectivity index is 0.00000392. The largest absolute Gasteiger partial charge is 0.489 e. The van der Waals surface area contributed by atoms with E-state index in [-0.39, 0.29) is 30.1 Å². The number of nitrogens with zero attached hydrogens (tertiary/aromatic N) is 3. The van der Waals surface area contributed by atoms with Crippen molar-refractivity contribution in [1.82, 2.24) is 20.4 Å². The number of halogens is 1. The van der Waals surface area contributed by atoms with E-state index in [1.165, 1.54) is 31.7 Å². The van der Waals surface area contributed by atoms with Crippen LogP contribution in [0.3, 0.4) is 0 Å². The molecule has 1 aromatic rings. The lowest BCUT2D eigenvalue weighted by molar-refractivity contribution is 0.139. The molecule has 0 aliphatic carbocycles. The molecule has 0 saturated carbocycles. The molecule has 0 bridgehead atoms. The van der Waals surface area contributed by atoms with Crippen molar-refractivity contribution in [3.8, 4) is 5.75 Å². The van der Waals surface area contributed by atoms with E-state index in [0.29, 0.717) is 12.5 Å². The molecule has 160 valence electrons. The Kier molecular flexibility index (Phi) is 11.8. The summed E-state index contributed by atoms with van der Waals surface area (Å²) >= 11 is 0. The Bertz CT molecular complexity index is 590. The van der Waals surface area contributed by atoms with Gasteiger partial charge in [-0.05, 0) is 44.5 Å². The zero-order valence-corrected chi connectivity index (χ0v) is 20.4. The van der Waals surface area contributed by atoms with Crippen LogP contribution in [0.15, 0.2) is 29.3 Å². The van der Waals surface area contributed by atoms with Gasteiger partial charge in [0.1, 0.15) is 11.9 Å². The number of ether oxygens (including phenoxy) is 1. The van der Waals surface area contributed by atoms with Crippen LogP contribution in [-0.4, -0.2) is 81.8 Å². The number of nitrogens with one attached hydrogen (secondary N) is 2. The van der Waals surface area contributed by atoms with E-state index in [0.717, 1.165) is 24.8 Å². The van der Waals surface area contributed by atoms with Crippen molar-refractivity contribution in [2.24, 2.45) is 10.9 Å². The number of aliphatic imine (C=N–C) groups is 1. The molecule has 0 amide bonds. The van der Waals surface area contributed by atoms with Gasteiger partial charge < -0.3 is 25.2 Å². The van der Waals surface area contributed by atoms with Gasteiger partial charge in [0.05, 0.1) is 6.54 Å². The molecule has 1 heterocycles. The molecule has 0 spiro atoms. The first-order chi connectivity index (χ1) is 13.0. The van der Waals surface area contributed by atoms with Crippen molar-refractivity contribution < 1.29 is 4.74 Å². The molecule has 6 nitrogen and oxygen atoms in total. The van der Waals surface area contributed by atoms with Crippen molar-refractivity contribution >= 4 is 29.9 Å². The highest BCUT2D eigenvalue weighted by Crippen LogP contribution is 2.13. The predicted molar refractivity (Wildman–Crippen MR) is 129 cm³/mol. The number of hydrogen-bond donors (Lipinski definition) is 2. The van der Waals surface area contributed by atoms with Crippen molar-refractivity contribution in [3.05, 3.63) is 29.8 Å². The number of benzene rings is 1. The lowest BCUT2D eigenvalue weighted by atomic mass is 10.1. The lowest BCUT2D eigenvalue weighted by Crippen LogP contribution is -2.48. The summed E-state index contributed by atoms with van der Waals surface area (Å²) in [4.78, 5) is 9.28. The smallest absolute Gasteiger partial charge is 0.191 e. The molecule has 2 rings (SSSR count). The van der Waals surface area contributed by atoms with Gasteiger partial charge in [-0.2, -0.15) is 0 Å². The summed E-state index contributed by atoms with van der Waals surface area (Å²) < 4.78 is 5.97. The fourth-order valence-corrected chi connectivity index (χ4v) is 3.23. The number of aryl methyl sites for hydroxylation is 1. The maximum Gasteiger partial charge on any atom is 0.191 e. The van der Waals surface area contributed by atoms with Crippen LogP contribution in [0.5, 0.6) is 5.75 Å². The Hall–Kier alpha value is -1.06. The van der Waals surface area contributed by atoms with Crippen LogP contribution in [0.1, 0.15) is 19.4 Å². The first-order valence-corrected chi connectivity index (χ1v) is 10.0. The van der Waals surface area contributed by atoms with E-state index in [1.807, 2.05) is 19.2 Å². The molecule has 1 aromatic carbocycles. The van der Waals surface area contributed by atoms with E-state index in [4.69, 9.17) is 4.74 Å². The summed E-state index contributed by atoms with van der Waals surface area (Å²) in [5.74, 6) is 2.32. The maximum absolute atomic E-state index is 5.97. The highest BCUT2D eigenvalue weighted by Gasteiger charge is 2.16. The van der Waals surface area contributed by atoms with Gasteiger partial charge in [-0.25, -0.2) is 0 Å². The third kappa shape index (κ3) is 9.43. The van der Waals surface area contributed by atoms with Crippen molar-refractivity contribution in [1.29, 1.82) is 0 Å². The normalized spacial score (nSPS) is 18.1. The molecule has 1 fully saturated rings. The Morgan fingerprint density at radius 3 is 2.46 bits per heavy atom. The molecular formula is C21H38IN5O. The summed E-state index contributed by atoms with van der Waals surface area (Å²) in [5.41, 5.74) is 1.21. The summed E-state index contributed by atoms with van der Waals surface area (Å²) in [5, 5.41) is 6.80. The molecule has 1 saturated heterocycles. The van der Waals surface area contributed by atoms with Crippen LogP contribution in [0.4, 0.5) is 0 Å². The molecule has 2 unspecified atom stereocenters. The second kappa shape index (κ2) is 13.2. The van der Waals surface area contributed by atoms with E-state index >= 15 is 0 Å². The Morgan fingerprint density at radius 1 is 1.14 bits per heavy atom. The zero-order valence-electron chi connectivity index (χ0n) is 18.1. The highest BCUT2D eigenvalue weighted by atomic mass is 127. The highest BCUT2D eigenvalue weighted by molar-refractivity contribution is 14.0. The standard InChI is InChI=1S/C21H37N5O.HI/c1-17-7-6-8-20(13-17)27-19(3)15-24-21(22-4)23-14-18(2)16-26-11-9-25(5)10-12-26;/h6-8,13,18-19H,9-12,14-16H2,1-5H3,(H2,22,23,24);1H. The third-order valence-electron chi connectivity index (χ3n) is 4.89. The predicted octanol–water partition coefficient (Wildman–Crippen LogP) is 2.43. The van der Waals surface area contributed by atoms with Gasteiger partial charge in [-0.3, -0.25) is 4.99 Å². The molecule has 28 heavy (non-hydrogen) atoms. The van der Waals surface area contributed by atoms with Gasteiger partial charge >= 0.3 is 0 Å². The average molecular weight is 503 g/mol. The molecular weight excluding hydrogens is 465 g/mol. The van der Waals surface area contributed by atoms with Crippen LogP contribution in [-0.2, 0) is 0 Å². The summed E-state index contributed by atoms with van der Waals surface area (Å²) in [6.45, 7) is 13.9. The SMILES string of the molecule is CN=C(NCC(C)CN1CCN(C)CC1)NCC(C)Oc1cccc(C)c1.I. The molecule has 1 aliphatic heterocycles. The number of hydrogen-bond acceptors (Lipinski definition) is 4. The summed E-state index contributed by atoms with van der Waals surface area (Å²) in [7, 11) is 4.01. The number of rotatable bonds is 8. The van der Waals surface area contributed by atoms with Crippen molar-refractivity contribution in [2.45, 2.75) is 26.9 Å². The second-order valence-electron chi connectivity index (χ2n) is 7.79. The number of piperazine rings is 1. The second-order valence-corrected chi connectivity index (χ2v) is 7.79. The monoisotopic (exact) mass is 503 g/mol. The van der Waals surface area contributed by atoms with Crippen LogP contribution in [0.25, 0.3) is 0 Å². The van der Waals surface area contributed by atoms with Gasteiger partial charge in [0.15, 0.2) is 5.96 Å². The average Bonchev–Trinajstić information content (AvgIpc) is 2.64. The molecule has 7 heteroatoms. The minimum Gasteiger partial charge on any atom is -0.489 e. The van der Waals surface area contributed by atoms with Gasteiger partial charge in [0.25, 0.3) is 0 Å².